The Balaban J connectivity index is 2.02. The van der Waals surface area contributed by atoms with Crippen LogP contribution in [0.15, 0.2) is 23.6 Å². The average molecular weight is 350 g/mol. The van der Waals surface area contributed by atoms with Crippen LogP contribution in [0.3, 0.4) is 0 Å². The monoisotopic (exact) mass is 350 g/mol. The highest BCUT2D eigenvalue weighted by Crippen LogP contribution is 2.21. The first-order valence-electron chi connectivity index (χ1n) is 7.24. The molecule has 0 bridgehead atoms. The first kappa shape index (κ1) is 17.9. The second kappa shape index (κ2) is 7.44. The molecule has 0 fully saturated rings. The van der Waals surface area contributed by atoms with Gasteiger partial charge in [-0.05, 0) is 45.1 Å². The number of halogens is 1. The Morgan fingerprint density at radius 2 is 2.08 bits per heavy atom. The SMILES string of the molecule is COc1ccc(C=Cc2csc(NC(=O)OC(C)(C)C)n2)c(F)c1. The van der Waals surface area contributed by atoms with Crippen molar-refractivity contribution in [3.05, 3.63) is 40.7 Å². The molecular formula is C17H19FN2O3S. The number of carbonyl (C=O) groups excluding carboxylic acids is 1. The molecule has 1 N–H and O–H groups in total. The molecule has 2 rings (SSSR count). The summed E-state index contributed by atoms with van der Waals surface area (Å²) in [5.41, 5.74) is 0.461. The number of methoxy groups -OCH3 is 1. The Morgan fingerprint density at radius 3 is 2.71 bits per heavy atom. The minimum atomic E-state index is -0.573. The molecule has 0 saturated heterocycles. The number of amides is 1. The highest BCUT2D eigenvalue weighted by Gasteiger charge is 2.17. The van der Waals surface area contributed by atoms with Crippen LogP contribution in [-0.4, -0.2) is 23.8 Å². The quantitative estimate of drug-likeness (QED) is 0.860. The van der Waals surface area contributed by atoms with Gasteiger partial charge in [0.15, 0.2) is 5.13 Å². The van der Waals surface area contributed by atoms with Gasteiger partial charge in [0.05, 0.1) is 12.8 Å². The summed E-state index contributed by atoms with van der Waals surface area (Å²) in [5, 5.41) is 4.74. The second-order valence-corrected chi connectivity index (χ2v) is 6.78. The van der Waals surface area contributed by atoms with E-state index in [0.717, 1.165) is 0 Å². The molecule has 1 aromatic carbocycles. The van der Waals surface area contributed by atoms with Crippen LogP contribution in [0.2, 0.25) is 0 Å². The number of aromatic nitrogens is 1. The van der Waals surface area contributed by atoms with E-state index in [9.17, 15) is 9.18 Å². The lowest BCUT2D eigenvalue weighted by Gasteiger charge is -2.18. The normalized spacial score (nSPS) is 11.5. The molecule has 1 heterocycles. The van der Waals surface area contributed by atoms with Gasteiger partial charge in [0.25, 0.3) is 0 Å². The molecule has 0 atom stereocenters. The van der Waals surface area contributed by atoms with Crippen molar-refractivity contribution in [3.8, 4) is 5.75 Å². The van der Waals surface area contributed by atoms with Crippen LogP contribution in [0.25, 0.3) is 12.2 Å². The fourth-order valence-electron chi connectivity index (χ4n) is 1.76. The van der Waals surface area contributed by atoms with Gasteiger partial charge in [0.1, 0.15) is 17.2 Å². The van der Waals surface area contributed by atoms with Crippen molar-refractivity contribution in [1.29, 1.82) is 0 Å². The lowest BCUT2D eigenvalue weighted by Crippen LogP contribution is -2.27. The molecule has 0 aliphatic rings. The molecular weight excluding hydrogens is 331 g/mol. The highest BCUT2D eigenvalue weighted by molar-refractivity contribution is 7.14. The number of nitrogens with one attached hydrogen (secondary N) is 1. The molecule has 128 valence electrons. The maximum Gasteiger partial charge on any atom is 0.413 e. The Kier molecular flexibility index (Phi) is 5.56. The number of ether oxygens (including phenoxy) is 2. The van der Waals surface area contributed by atoms with Gasteiger partial charge in [-0.2, -0.15) is 0 Å². The van der Waals surface area contributed by atoms with Gasteiger partial charge in [-0.15, -0.1) is 11.3 Å². The number of nitrogens with zero attached hydrogens (tertiary/aromatic N) is 1. The maximum absolute atomic E-state index is 13.9. The van der Waals surface area contributed by atoms with Crippen molar-refractivity contribution in [2.75, 3.05) is 12.4 Å². The van der Waals surface area contributed by atoms with Crippen molar-refractivity contribution >= 4 is 34.7 Å². The molecule has 7 heteroatoms. The van der Waals surface area contributed by atoms with Gasteiger partial charge in [0.2, 0.25) is 0 Å². The van der Waals surface area contributed by atoms with E-state index in [-0.39, 0.29) is 5.82 Å². The van der Waals surface area contributed by atoms with Crippen LogP contribution in [0.1, 0.15) is 32.0 Å². The third kappa shape index (κ3) is 5.34. The first-order valence-corrected chi connectivity index (χ1v) is 8.12. The smallest absolute Gasteiger partial charge is 0.413 e. The van der Waals surface area contributed by atoms with Crippen LogP contribution in [0, 0.1) is 5.82 Å². The second-order valence-electron chi connectivity index (χ2n) is 5.93. The largest absolute Gasteiger partial charge is 0.497 e. The van der Waals surface area contributed by atoms with Crippen LogP contribution >= 0.6 is 11.3 Å². The molecule has 0 aliphatic heterocycles. The molecule has 0 saturated carbocycles. The summed E-state index contributed by atoms with van der Waals surface area (Å²) in [4.78, 5) is 15.9. The Morgan fingerprint density at radius 1 is 1.33 bits per heavy atom. The number of hydrogen-bond acceptors (Lipinski definition) is 5. The van der Waals surface area contributed by atoms with Crippen molar-refractivity contribution in [1.82, 2.24) is 4.98 Å². The van der Waals surface area contributed by atoms with Crippen molar-refractivity contribution < 1.29 is 18.7 Å². The predicted molar refractivity (Wildman–Crippen MR) is 93.9 cm³/mol. The van der Waals surface area contributed by atoms with E-state index in [2.05, 4.69) is 10.3 Å². The summed E-state index contributed by atoms with van der Waals surface area (Å²) in [5.74, 6) is 0.0788. The number of hydrogen-bond donors (Lipinski definition) is 1. The van der Waals surface area contributed by atoms with E-state index in [1.165, 1.54) is 24.5 Å². The minimum Gasteiger partial charge on any atom is -0.497 e. The van der Waals surface area contributed by atoms with E-state index in [1.54, 1.807) is 50.4 Å². The number of carbonyl (C=O) groups is 1. The van der Waals surface area contributed by atoms with E-state index in [0.29, 0.717) is 22.1 Å². The van der Waals surface area contributed by atoms with Gasteiger partial charge in [0, 0.05) is 17.0 Å². The molecule has 1 amide bonds. The maximum atomic E-state index is 13.9. The molecule has 24 heavy (non-hydrogen) atoms. The number of benzene rings is 1. The number of rotatable bonds is 4. The van der Waals surface area contributed by atoms with E-state index >= 15 is 0 Å². The fraction of sp³-hybridized carbons (Fsp3) is 0.294. The zero-order chi connectivity index (χ0) is 17.7. The minimum absolute atomic E-state index is 0.382. The summed E-state index contributed by atoms with van der Waals surface area (Å²) in [6.45, 7) is 5.35. The zero-order valence-electron chi connectivity index (χ0n) is 13.9. The van der Waals surface area contributed by atoms with E-state index in [4.69, 9.17) is 9.47 Å². The zero-order valence-corrected chi connectivity index (χ0v) is 14.7. The summed E-state index contributed by atoms with van der Waals surface area (Å²) in [6, 6.07) is 4.62. The predicted octanol–water partition coefficient (Wildman–Crippen LogP) is 4.81. The Bertz CT molecular complexity index is 751. The van der Waals surface area contributed by atoms with E-state index < -0.39 is 11.7 Å². The van der Waals surface area contributed by atoms with Gasteiger partial charge < -0.3 is 9.47 Å². The van der Waals surface area contributed by atoms with Crippen molar-refractivity contribution in [3.63, 3.8) is 0 Å². The molecule has 0 radical (unpaired) electrons. The standard InChI is InChI=1S/C17H19FN2O3S/c1-17(2,3)23-16(21)20-15-19-12(10-24-15)7-5-11-6-8-13(22-4)9-14(11)18/h5-10H,1-4H3,(H,19,20,21). The summed E-state index contributed by atoms with van der Waals surface area (Å²) in [7, 11) is 1.48. The molecule has 5 nitrogen and oxygen atoms in total. The summed E-state index contributed by atoms with van der Waals surface area (Å²) in [6.07, 6.45) is 2.72. The van der Waals surface area contributed by atoms with Gasteiger partial charge in [-0.3, -0.25) is 5.32 Å². The van der Waals surface area contributed by atoms with Gasteiger partial charge >= 0.3 is 6.09 Å². The number of anilines is 1. The molecule has 0 unspecified atom stereocenters. The lowest BCUT2D eigenvalue weighted by molar-refractivity contribution is 0.0636. The molecule has 0 aliphatic carbocycles. The Labute approximate surface area is 144 Å². The third-order valence-electron chi connectivity index (χ3n) is 2.77. The van der Waals surface area contributed by atoms with Crippen molar-refractivity contribution in [2.24, 2.45) is 0 Å². The van der Waals surface area contributed by atoms with Crippen LogP contribution < -0.4 is 10.1 Å². The number of thiazole rings is 1. The fourth-order valence-corrected chi connectivity index (χ4v) is 2.42. The topological polar surface area (TPSA) is 60.5 Å². The highest BCUT2D eigenvalue weighted by atomic mass is 32.1. The van der Waals surface area contributed by atoms with Gasteiger partial charge in [-0.25, -0.2) is 14.2 Å². The molecule has 0 spiro atoms. The van der Waals surface area contributed by atoms with Gasteiger partial charge in [-0.1, -0.05) is 0 Å². The van der Waals surface area contributed by atoms with Crippen LogP contribution in [0.5, 0.6) is 5.75 Å². The Hall–Kier alpha value is -2.41. The van der Waals surface area contributed by atoms with Crippen molar-refractivity contribution in [2.45, 2.75) is 26.4 Å². The summed E-state index contributed by atoms with van der Waals surface area (Å²) < 4.78 is 24.0. The van der Waals surface area contributed by atoms with Crippen LogP contribution in [-0.2, 0) is 4.74 Å². The molecule has 1 aromatic heterocycles. The molecule has 2 aromatic rings. The van der Waals surface area contributed by atoms with E-state index in [1.807, 2.05) is 0 Å². The first-order chi connectivity index (χ1) is 11.3. The third-order valence-corrected chi connectivity index (χ3v) is 3.55. The lowest BCUT2D eigenvalue weighted by atomic mass is 10.2. The summed E-state index contributed by atoms with van der Waals surface area (Å²) >= 11 is 1.26. The van der Waals surface area contributed by atoms with Crippen LogP contribution in [0.4, 0.5) is 14.3 Å². The average Bonchev–Trinajstić information content (AvgIpc) is 2.91.